The number of halogens is 2. The van der Waals surface area contributed by atoms with Gasteiger partial charge in [-0.05, 0) is 35.4 Å². The average molecular weight is 324 g/mol. The lowest BCUT2D eigenvalue weighted by Gasteiger charge is -2.03. The largest absolute Gasteiger partial charge is 0.490 e. The molecule has 2 rings (SSSR count). The van der Waals surface area contributed by atoms with Crippen molar-refractivity contribution in [3.63, 3.8) is 0 Å². The highest BCUT2D eigenvalue weighted by molar-refractivity contribution is 6.35. The summed E-state index contributed by atoms with van der Waals surface area (Å²) in [6.45, 7) is 0. The summed E-state index contributed by atoms with van der Waals surface area (Å²) in [5.41, 5.74) is 1.50. The summed E-state index contributed by atoms with van der Waals surface area (Å²) in [5.74, 6) is 0.212. The Morgan fingerprint density at radius 2 is 1.90 bits per heavy atom. The van der Waals surface area contributed by atoms with E-state index < -0.39 is 4.92 Å². The number of rotatable bonds is 4. The molecule has 2 aromatic carbocycles. The third-order valence-corrected chi connectivity index (χ3v) is 3.38. The second-order valence-electron chi connectivity index (χ2n) is 4.19. The van der Waals surface area contributed by atoms with Gasteiger partial charge in [0, 0.05) is 16.1 Å². The summed E-state index contributed by atoms with van der Waals surface area (Å²) in [4.78, 5) is 10.3. The van der Waals surface area contributed by atoms with Gasteiger partial charge < -0.3 is 4.74 Å². The first kappa shape index (κ1) is 15.4. The van der Waals surface area contributed by atoms with Gasteiger partial charge in [0.15, 0.2) is 5.75 Å². The second kappa shape index (κ2) is 6.61. The number of benzene rings is 2. The Morgan fingerprint density at radius 3 is 2.52 bits per heavy atom. The summed E-state index contributed by atoms with van der Waals surface area (Å²) in [6, 6.07) is 9.83. The fraction of sp³-hybridized carbons (Fsp3) is 0.0667. The summed E-state index contributed by atoms with van der Waals surface area (Å²) in [5, 5.41) is 11.9. The number of hydrogen-bond acceptors (Lipinski definition) is 3. The van der Waals surface area contributed by atoms with Gasteiger partial charge in [0.2, 0.25) is 0 Å². The molecular formula is C15H11Cl2NO3. The molecule has 0 unspecified atom stereocenters. The normalized spacial score (nSPS) is 10.8. The lowest BCUT2D eigenvalue weighted by Crippen LogP contribution is -1.93. The molecule has 0 aliphatic rings. The molecule has 0 saturated carbocycles. The van der Waals surface area contributed by atoms with Gasteiger partial charge in [0.25, 0.3) is 0 Å². The van der Waals surface area contributed by atoms with Crippen LogP contribution in [0.4, 0.5) is 5.69 Å². The number of hydrogen-bond donors (Lipinski definition) is 0. The predicted octanol–water partition coefficient (Wildman–Crippen LogP) is 5.08. The van der Waals surface area contributed by atoms with Crippen LogP contribution < -0.4 is 4.74 Å². The molecule has 0 fully saturated rings. The van der Waals surface area contributed by atoms with Gasteiger partial charge in [0.1, 0.15) is 0 Å². The molecule has 6 heteroatoms. The molecule has 0 saturated heterocycles. The molecule has 0 aromatic heterocycles. The Bertz CT molecular complexity index is 714. The summed E-state index contributed by atoms with van der Waals surface area (Å²) < 4.78 is 5.02. The van der Waals surface area contributed by atoms with Gasteiger partial charge in [-0.25, -0.2) is 0 Å². The predicted molar refractivity (Wildman–Crippen MR) is 85.0 cm³/mol. The fourth-order valence-electron chi connectivity index (χ4n) is 1.77. The van der Waals surface area contributed by atoms with Crippen LogP contribution in [0.3, 0.4) is 0 Å². The molecule has 0 bridgehead atoms. The minimum absolute atomic E-state index is 0.0702. The number of nitrogens with zero attached hydrogens (tertiary/aromatic N) is 1. The lowest BCUT2D eigenvalue weighted by atomic mass is 10.1. The van der Waals surface area contributed by atoms with E-state index >= 15 is 0 Å². The number of nitro groups is 1. The third-order valence-electron chi connectivity index (χ3n) is 2.82. The van der Waals surface area contributed by atoms with Crippen LogP contribution in [-0.2, 0) is 0 Å². The molecule has 0 N–H and O–H groups in total. The summed E-state index contributed by atoms with van der Waals surface area (Å²) in [7, 11) is 1.39. The maximum absolute atomic E-state index is 10.8. The quantitative estimate of drug-likeness (QED) is 0.448. The fourth-order valence-corrected chi connectivity index (χ4v) is 2.24. The van der Waals surface area contributed by atoms with Crippen LogP contribution in [0.15, 0.2) is 36.4 Å². The Hall–Kier alpha value is -2.04. The highest BCUT2D eigenvalue weighted by Crippen LogP contribution is 2.29. The number of ether oxygens (including phenoxy) is 1. The zero-order valence-corrected chi connectivity index (χ0v) is 12.6. The monoisotopic (exact) mass is 323 g/mol. The molecule has 108 valence electrons. The second-order valence-corrected chi connectivity index (χ2v) is 5.03. The minimum atomic E-state index is -0.484. The van der Waals surface area contributed by atoms with Crippen molar-refractivity contribution in [3.8, 4) is 5.75 Å². The van der Waals surface area contributed by atoms with Crippen molar-refractivity contribution in [3.05, 3.63) is 67.7 Å². The van der Waals surface area contributed by atoms with Gasteiger partial charge in [-0.3, -0.25) is 10.1 Å². The smallest absolute Gasteiger partial charge is 0.310 e. The van der Waals surface area contributed by atoms with Crippen molar-refractivity contribution in [2.75, 3.05) is 7.11 Å². The molecule has 2 aromatic rings. The number of methoxy groups -OCH3 is 1. The Kier molecular flexibility index (Phi) is 4.83. The number of nitro benzene ring substituents is 1. The molecule has 0 amide bonds. The Balaban J connectivity index is 2.31. The Morgan fingerprint density at radius 1 is 1.14 bits per heavy atom. The van der Waals surface area contributed by atoms with E-state index in [2.05, 4.69) is 0 Å². The molecule has 0 spiro atoms. The van der Waals surface area contributed by atoms with Crippen molar-refractivity contribution in [1.82, 2.24) is 0 Å². The molecule has 21 heavy (non-hydrogen) atoms. The van der Waals surface area contributed by atoms with Crippen LogP contribution >= 0.6 is 23.2 Å². The third kappa shape index (κ3) is 3.74. The minimum Gasteiger partial charge on any atom is -0.490 e. The SMILES string of the molecule is COc1cc(C=Cc2ccc(Cl)cc2Cl)ccc1[N+](=O)[O-]. The first-order valence-electron chi connectivity index (χ1n) is 5.97. The van der Waals surface area contributed by atoms with Gasteiger partial charge >= 0.3 is 5.69 Å². The van der Waals surface area contributed by atoms with Crippen molar-refractivity contribution < 1.29 is 9.66 Å². The van der Waals surface area contributed by atoms with E-state index in [9.17, 15) is 10.1 Å². The molecule has 0 heterocycles. The highest BCUT2D eigenvalue weighted by Gasteiger charge is 2.13. The first-order valence-corrected chi connectivity index (χ1v) is 6.72. The molecule has 0 radical (unpaired) electrons. The summed E-state index contributed by atoms with van der Waals surface area (Å²) in [6.07, 6.45) is 3.60. The van der Waals surface area contributed by atoms with E-state index in [-0.39, 0.29) is 11.4 Å². The topological polar surface area (TPSA) is 52.4 Å². The first-order chi connectivity index (χ1) is 10.0. The zero-order chi connectivity index (χ0) is 15.4. The summed E-state index contributed by atoms with van der Waals surface area (Å²) >= 11 is 11.9. The van der Waals surface area contributed by atoms with E-state index in [0.717, 1.165) is 11.1 Å². The lowest BCUT2D eigenvalue weighted by molar-refractivity contribution is -0.385. The molecule has 0 atom stereocenters. The molecule has 0 aliphatic carbocycles. The maximum Gasteiger partial charge on any atom is 0.310 e. The van der Waals surface area contributed by atoms with Crippen molar-refractivity contribution in [2.24, 2.45) is 0 Å². The van der Waals surface area contributed by atoms with Crippen LogP contribution in [-0.4, -0.2) is 12.0 Å². The van der Waals surface area contributed by atoms with E-state index in [0.29, 0.717) is 10.0 Å². The zero-order valence-electron chi connectivity index (χ0n) is 11.0. The van der Waals surface area contributed by atoms with Crippen LogP contribution in [0, 0.1) is 10.1 Å². The average Bonchev–Trinajstić information content (AvgIpc) is 2.45. The van der Waals surface area contributed by atoms with Crippen LogP contribution in [0.1, 0.15) is 11.1 Å². The maximum atomic E-state index is 10.8. The Labute approximate surface area is 131 Å². The van der Waals surface area contributed by atoms with Crippen molar-refractivity contribution in [1.29, 1.82) is 0 Å². The van der Waals surface area contributed by atoms with Gasteiger partial charge in [0.05, 0.1) is 12.0 Å². The van der Waals surface area contributed by atoms with E-state index in [1.165, 1.54) is 13.2 Å². The standard InChI is InChI=1S/C15H11Cl2NO3/c1-21-15-8-10(3-7-14(15)18(19)20)2-4-11-5-6-12(16)9-13(11)17/h2-9H,1H3. The highest BCUT2D eigenvalue weighted by atomic mass is 35.5. The van der Waals surface area contributed by atoms with Gasteiger partial charge in [-0.15, -0.1) is 0 Å². The van der Waals surface area contributed by atoms with E-state index in [4.69, 9.17) is 27.9 Å². The molecule has 0 aliphatic heterocycles. The van der Waals surface area contributed by atoms with E-state index in [1.807, 2.05) is 0 Å². The van der Waals surface area contributed by atoms with Crippen LogP contribution in [0.5, 0.6) is 5.75 Å². The molecule has 4 nitrogen and oxygen atoms in total. The van der Waals surface area contributed by atoms with Crippen LogP contribution in [0.25, 0.3) is 12.2 Å². The van der Waals surface area contributed by atoms with Crippen molar-refractivity contribution >= 4 is 41.0 Å². The van der Waals surface area contributed by atoms with Gasteiger partial charge in [-0.2, -0.15) is 0 Å². The van der Waals surface area contributed by atoms with Gasteiger partial charge in [-0.1, -0.05) is 41.4 Å². The molecular weight excluding hydrogens is 313 g/mol. The van der Waals surface area contributed by atoms with Crippen LogP contribution in [0.2, 0.25) is 10.0 Å². The van der Waals surface area contributed by atoms with E-state index in [1.54, 1.807) is 42.5 Å². The van der Waals surface area contributed by atoms with Crippen molar-refractivity contribution in [2.45, 2.75) is 0 Å².